The zero-order chi connectivity index (χ0) is 20.5. The van der Waals surface area contributed by atoms with Crippen molar-refractivity contribution in [3.8, 4) is 11.3 Å². The Hall–Kier alpha value is -3.41. The first-order chi connectivity index (χ1) is 14.7. The molecule has 0 spiro atoms. The van der Waals surface area contributed by atoms with Gasteiger partial charge in [0.2, 0.25) is 5.91 Å². The third-order valence-electron chi connectivity index (χ3n) is 5.89. The summed E-state index contributed by atoms with van der Waals surface area (Å²) >= 11 is 0. The highest BCUT2D eigenvalue weighted by molar-refractivity contribution is 5.94. The van der Waals surface area contributed by atoms with Gasteiger partial charge in [-0.1, -0.05) is 30.3 Å². The van der Waals surface area contributed by atoms with Crippen molar-refractivity contribution in [2.45, 2.75) is 38.8 Å². The molecule has 4 heterocycles. The van der Waals surface area contributed by atoms with Crippen LogP contribution in [0.3, 0.4) is 0 Å². The van der Waals surface area contributed by atoms with Crippen LogP contribution in [0.2, 0.25) is 0 Å². The second kappa shape index (κ2) is 7.78. The summed E-state index contributed by atoms with van der Waals surface area (Å²) in [7, 11) is 0. The first-order valence-electron chi connectivity index (χ1n) is 10.4. The minimum atomic E-state index is 0.0816. The number of nitrogens with zero attached hydrogens (tertiary/aromatic N) is 4. The van der Waals surface area contributed by atoms with Gasteiger partial charge in [-0.05, 0) is 49.9 Å². The van der Waals surface area contributed by atoms with Gasteiger partial charge in [0.15, 0.2) is 5.65 Å². The van der Waals surface area contributed by atoms with Gasteiger partial charge in [0.1, 0.15) is 12.3 Å². The topological polar surface area (TPSA) is 64.2 Å². The number of likely N-dealkylation sites (tertiary alicyclic amines) is 1. The third-order valence-corrected chi connectivity index (χ3v) is 5.89. The number of piperidine rings is 1. The first-order valence-corrected chi connectivity index (χ1v) is 10.4. The van der Waals surface area contributed by atoms with E-state index < -0.39 is 0 Å². The van der Waals surface area contributed by atoms with Crippen LogP contribution in [0.15, 0.2) is 65.4 Å². The van der Waals surface area contributed by atoms with Gasteiger partial charge >= 0.3 is 0 Å². The van der Waals surface area contributed by atoms with Crippen molar-refractivity contribution >= 4 is 16.9 Å². The molecule has 1 unspecified atom stereocenters. The molecular formula is C24H24N4O2. The van der Waals surface area contributed by atoms with Gasteiger partial charge in [-0.2, -0.15) is 5.10 Å². The van der Waals surface area contributed by atoms with E-state index in [0.717, 1.165) is 48.2 Å². The second-order valence-electron chi connectivity index (χ2n) is 7.79. The number of carbonyl (C=O) groups is 1. The van der Waals surface area contributed by atoms with E-state index in [0.29, 0.717) is 5.65 Å². The average Bonchev–Trinajstić information content (AvgIpc) is 3.43. The van der Waals surface area contributed by atoms with Crippen LogP contribution >= 0.6 is 0 Å². The number of fused-ring (bicyclic) bond motifs is 1. The molecule has 4 aromatic rings. The summed E-state index contributed by atoms with van der Waals surface area (Å²) in [5.41, 5.74) is 3.70. The maximum atomic E-state index is 13.3. The van der Waals surface area contributed by atoms with Gasteiger partial charge in [-0.15, -0.1) is 0 Å². The molecular weight excluding hydrogens is 376 g/mol. The van der Waals surface area contributed by atoms with Gasteiger partial charge in [0.05, 0.1) is 23.4 Å². The normalized spacial score (nSPS) is 16.8. The second-order valence-corrected chi connectivity index (χ2v) is 7.79. The number of aromatic nitrogens is 3. The summed E-state index contributed by atoms with van der Waals surface area (Å²) < 4.78 is 7.32. The Morgan fingerprint density at radius 1 is 1.13 bits per heavy atom. The number of aryl methyl sites for hydroxylation is 1. The first kappa shape index (κ1) is 18.6. The molecule has 0 bridgehead atoms. The van der Waals surface area contributed by atoms with Crippen LogP contribution in [0.5, 0.6) is 0 Å². The largest absolute Gasteiger partial charge is 0.464 e. The van der Waals surface area contributed by atoms with Crippen LogP contribution in [-0.2, 0) is 11.3 Å². The Morgan fingerprint density at radius 2 is 2.00 bits per heavy atom. The van der Waals surface area contributed by atoms with Gasteiger partial charge in [-0.3, -0.25) is 4.79 Å². The molecule has 6 nitrogen and oxygen atoms in total. The lowest BCUT2D eigenvalue weighted by atomic mass is 9.95. The van der Waals surface area contributed by atoms with E-state index in [2.05, 4.69) is 22.2 Å². The third kappa shape index (κ3) is 3.28. The lowest BCUT2D eigenvalue weighted by Gasteiger charge is -2.36. The van der Waals surface area contributed by atoms with Crippen molar-refractivity contribution in [2.24, 2.45) is 0 Å². The fourth-order valence-electron chi connectivity index (χ4n) is 4.50. The SMILES string of the molecule is Cc1nn(CC(=O)N2CCCCC2c2ccccc2)c2nccc(-c3ccco3)c12. The number of rotatable bonds is 4. The predicted molar refractivity (Wildman–Crippen MR) is 115 cm³/mol. The van der Waals surface area contributed by atoms with Crippen LogP contribution in [0, 0.1) is 6.92 Å². The van der Waals surface area contributed by atoms with Gasteiger partial charge in [0, 0.05) is 18.3 Å². The number of furan rings is 1. The summed E-state index contributed by atoms with van der Waals surface area (Å²) in [6.45, 7) is 2.91. The van der Waals surface area contributed by atoms with Crippen molar-refractivity contribution in [3.05, 3.63) is 72.2 Å². The summed E-state index contributed by atoms with van der Waals surface area (Å²) in [5.74, 6) is 0.856. The molecule has 1 aromatic carbocycles. The molecule has 152 valence electrons. The lowest BCUT2D eigenvalue weighted by molar-refractivity contribution is -0.135. The van der Waals surface area contributed by atoms with E-state index in [-0.39, 0.29) is 18.5 Å². The Labute approximate surface area is 175 Å². The van der Waals surface area contributed by atoms with Crippen LogP contribution in [-0.4, -0.2) is 32.1 Å². The Balaban J connectivity index is 1.47. The van der Waals surface area contributed by atoms with Crippen molar-refractivity contribution in [1.29, 1.82) is 0 Å². The summed E-state index contributed by atoms with van der Waals surface area (Å²) in [5, 5.41) is 5.59. The van der Waals surface area contributed by atoms with Crippen LogP contribution in [0.1, 0.15) is 36.6 Å². The van der Waals surface area contributed by atoms with E-state index in [9.17, 15) is 4.79 Å². The molecule has 5 rings (SSSR count). The molecule has 1 aliphatic heterocycles. The molecule has 1 atom stereocenters. The number of hydrogen-bond donors (Lipinski definition) is 0. The number of carbonyl (C=O) groups excluding carboxylic acids is 1. The molecule has 1 saturated heterocycles. The zero-order valence-electron chi connectivity index (χ0n) is 17.0. The summed E-state index contributed by atoms with van der Waals surface area (Å²) in [6, 6.07) is 16.2. The minimum Gasteiger partial charge on any atom is -0.464 e. The van der Waals surface area contributed by atoms with E-state index in [1.807, 2.05) is 48.2 Å². The maximum Gasteiger partial charge on any atom is 0.244 e. The smallest absolute Gasteiger partial charge is 0.244 e. The summed E-state index contributed by atoms with van der Waals surface area (Å²) in [4.78, 5) is 19.9. The molecule has 1 fully saturated rings. The van der Waals surface area contributed by atoms with Crippen LogP contribution < -0.4 is 0 Å². The molecule has 6 heteroatoms. The van der Waals surface area contributed by atoms with Crippen molar-refractivity contribution in [3.63, 3.8) is 0 Å². The quantitative estimate of drug-likeness (QED) is 0.496. The van der Waals surface area contributed by atoms with Crippen LogP contribution in [0.25, 0.3) is 22.4 Å². The van der Waals surface area contributed by atoms with Crippen LogP contribution in [0.4, 0.5) is 0 Å². The molecule has 1 aliphatic rings. The highest BCUT2D eigenvalue weighted by Crippen LogP contribution is 2.32. The fourth-order valence-corrected chi connectivity index (χ4v) is 4.50. The van der Waals surface area contributed by atoms with E-state index in [1.54, 1.807) is 17.1 Å². The molecule has 30 heavy (non-hydrogen) atoms. The van der Waals surface area contributed by atoms with Crippen molar-refractivity contribution in [2.75, 3.05) is 6.54 Å². The van der Waals surface area contributed by atoms with E-state index in [1.165, 1.54) is 5.56 Å². The highest BCUT2D eigenvalue weighted by atomic mass is 16.3. The maximum absolute atomic E-state index is 13.3. The monoisotopic (exact) mass is 400 g/mol. The molecule has 3 aromatic heterocycles. The fraction of sp³-hybridized carbons (Fsp3) is 0.292. The predicted octanol–water partition coefficient (Wildman–Crippen LogP) is 4.75. The summed E-state index contributed by atoms with van der Waals surface area (Å²) in [6.07, 6.45) is 6.58. The van der Waals surface area contributed by atoms with Gasteiger partial charge in [-0.25, -0.2) is 9.67 Å². The van der Waals surface area contributed by atoms with Gasteiger partial charge in [0.25, 0.3) is 0 Å². The molecule has 0 radical (unpaired) electrons. The molecule has 0 N–H and O–H groups in total. The Kier molecular flexibility index (Phi) is 4.83. The van der Waals surface area contributed by atoms with Crippen molar-refractivity contribution < 1.29 is 9.21 Å². The Bertz CT molecular complexity index is 1160. The van der Waals surface area contributed by atoms with E-state index in [4.69, 9.17) is 4.42 Å². The van der Waals surface area contributed by atoms with E-state index >= 15 is 0 Å². The minimum absolute atomic E-state index is 0.0816. The molecule has 0 saturated carbocycles. The van der Waals surface area contributed by atoms with Crippen molar-refractivity contribution in [1.82, 2.24) is 19.7 Å². The number of hydrogen-bond acceptors (Lipinski definition) is 4. The highest BCUT2D eigenvalue weighted by Gasteiger charge is 2.28. The average molecular weight is 400 g/mol. The number of amides is 1. The van der Waals surface area contributed by atoms with Gasteiger partial charge < -0.3 is 9.32 Å². The molecule has 0 aliphatic carbocycles. The number of benzene rings is 1. The lowest BCUT2D eigenvalue weighted by Crippen LogP contribution is -2.40. The zero-order valence-corrected chi connectivity index (χ0v) is 17.0. The molecule has 1 amide bonds. The Morgan fingerprint density at radius 3 is 2.80 bits per heavy atom. The standard InChI is InChI=1S/C24H24N4O2/c1-17-23-19(21-11-7-15-30-21)12-13-25-24(23)28(26-17)16-22(29)27-14-6-5-10-20(27)18-8-3-2-4-9-18/h2-4,7-9,11-13,15,20H,5-6,10,14,16H2,1H3. The number of pyridine rings is 1.